The van der Waals surface area contributed by atoms with Gasteiger partial charge < -0.3 is 5.32 Å². The fourth-order valence-electron chi connectivity index (χ4n) is 3.82. The number of nitrogens with one attached hydrogen (secondary N) is 1. The fourth-order valence-corrected chi connectivity index (χ4v) is 3.82. The molecule has 164 valence electrons. The Morgan fingerprint density at radius 2 is 1.75 bits per heavy atom. The van der Waals surface area contributed by atoms with Gasteiger partial charge in [-0.1, -0.05) is 43.3 Å². The van der Waals surface area contributed by atoms with Gasteiger partial charge in [-0.25, -0.2) is 13.8 Å². The highest BCUT2D eigenvalue weighted by molar-refractivity contribution is 5.84. The molecule has 0 radical (unpaired) electrons. The first kappa shape index (κ1) is 21.4. The number of hydrogen-bond donors (Lipinski definition) is 1. The maximum atomic E-state index is 13.9. The largest absolute Gasteiger partial charge is 0.350 e. The molecule has 2 heterocycles. The lowest BCUT2D eigenvalue weighted by atomic mass is 10.1. The lowest BCUT2D eigenvalue weighted by molar-refractivity contribution is -0.125. The molecule has 0 unspecified atom stereocenters. The molecule has 1 atom stereocenters. The molecule has 2 aromatic carbocycles. The lowest BCUT2D eigenvalue weighted by Crippen LogP contribution is -2.38. The number of nitrogens with zero attached hydrogens (tertiary/aromatic N) is 4. The molecule has 0 spiro atoms. The molecule has 0 aliphatic heterocycles. The number of rotatable bonds is 6. The zero-order valence-corrected chi connectivity index (χ0v) is 18.2. The minimum atomic E-state index is -0.822. The van der Waals surface area contributed by atoms with E-state index in [-0.39, 0.29) is 12.1 Å². The zero-order valence-electron chi connectivity index (χ0n) is 18.2. The van der Waals surface area contributed by atoms with Crippen molar-refractivity contribution >= 4 is 16.8 Å². The van der Waals surface area contributed by atoms with Gasteiger partial charge in [0.2, 0.25) is 5.91 Å². The maximum Gasteiger partial charge on any atom is 0.278 e. The number of hydrogen-bond acceptors (Lipinski definition) is 4. The molecular formula is C24H24FN5O2. The maximum absolute atomic E-state index is 13.9. The summed E-state index contributed by atoms with van der Waals surface area (Å²) in [5, 5.41) is 12.2. The average molecular weight is 433 g/mol. The van der Waals surface area contributed by atoms with Gasteiger partial charge in [0.05, 0.1) is 22.5 Å². The van der Waals surface area contributed by atoms with Crippen LogP contribution in [0.25, 0.3) is 16.6 Å². The quantitative estimate of drug-likeness (QED) is 0.504. The Morgan fingerprint density at radius 3 is 2.44 bits per heavy atom. The number of halogens is 1. The molecule has 2 aromatic heterocycles. The molecule has 7 nitrogen and oxygen atoms in total. The lowest BCUT2D eigenvalue weighted by Gasteiger charge is -2.17. The first-order valence-electron chi connectivity index (χ1n) is 10.5. The summed E-state index contributed by atoms with van der Waals surface area (Å²) >= 11 is 0. The molecule has 8 heteroatoms. The van der Waals surface area contributed by atoms with E-state index in [1.807, 2.05) is 37.3 Å². The van der Waals surface area contributed by atoms with Gasteiger partial charge in [0.25, 0.3) is 5.56 Å². The van der Waals surface area contributed by atoms with Crippen molar-refractivity contribution in [2.45, 2.75) is 39.8 Å². The predicted octanol–water partition coefficient (Wildman–Crippen LogP) is 3.61. The molecule has 1 amide bonds. The summed E-state index contributed by atoms with van der Waals surface area (Å²) in [4.78, 5) is 26.3. The normalized spacial score (nSPS) is 12.1. The number of aryl methyl sites for hydroxylation is 2. The van der Waals surface area contributed by atoms with Crippen molar-refractivity contribution < 1.29 is 9.18 Å². The van der Waals surface area contributed by atoms with E-state index in [9.17, 15) is 14.0 Å². The van der Waals surface area contributed by atoms with Crippen LogP contribution >= 0.6 is 0 Å². The van der Waals surface area contributed by atoms with Crippen LogP contribution in [0.3, 0.4) is 0 Å². The third-order valence-electron chi connectivity index (χ3n) is 5.53. The van der Waals surface area contributed by atoms with Crippen LogP contribution in [0.2, 0.25) is 0 Å². The highest BCUT2D eigenvalue weighted by atomic mass is 19.1. The molecule has 1 N–H and O–H groups in total. The van der Waals surface area contributed by atoms with E-state index in [0.29, 0.717) is 34.3 Å². The van der Waals surface area contributed by atoms with Crippen molar-refractivity contribution in [1.29, 1.82) is 0 Å². The van der Waals surface area contributed by atoms with Crippen molar-refractivity contribution in [2.75, 3.05) is 0 Å². The number of benzene rings is 2. The first-order valence-corrected chi connectivity index (χ1v) is 10.5. The molecule has 0 fully saturated rings. The second kappa shape index (κ2) is 8.74. The van der Waals surface area contributed by atoms with Crippen molar-refractivity contribution in [3.63, 3.8) is 0 Å². The highest BCUT2D eigenvalue weighted by Gasteiger charge is 2.25. The predicted molar refractivity (Wildman–Crippen MR) is 120 cm³/mol. The van der Waals surface area contributed by atoms with Gasteiger partial charge in [0, 0.05) is 12.1 Å². The van der Waals surface area contributed by atoms with Crippen LogP contribution in [0, 0.1) is 19.7 Å². The number of carbonyl (C=O) groups is 1. The molecule has 4 rings (SSSR count). The van der Waals surface area contributed by atoms with Gasteiger partial charge in [-0.2, -0.15) is 10.2 Å². The monoisotopic (exact) mass is 433 g/mol. The summed E-state index contributed by atoms with van der Waals surface area (Å²) in [6, 6.07) is 15.0. The summed E-state index contributed by atoms with van der Waals surface area (Å²) in [7, 11) is 0. The van der Waals surface area contributed by atoms with E-state index < -0.39 is 17.8 Å². The highest BCUT2D eigenvalue weighted by Crippen LogP contribution is 2.21. The summed E-state index contributed by atoms with van der Waals surface area (Å²) in [5.41, 5.74) is 2.58. The zero-order chi connectivity index (χ0) is 22.8. The van der Waals surface area contributed by atoms with Gasteiger partial charge in [-0.05, 0) is 38.5 Å². The van der Waals surface area contributed by atoms with E-state index in [1.165, 1.54) is 10.7 Å². The van der Waals surface area contributed by atoms with Crippen LogP contribution in [-0.4, -0.2) is 25.5 Å². The number of fused-ring (bicyclic) bond motifs is 1. The Hall–Kier alpha value is -3.81. The summed E-state index contributed by atoms with van der Waals surface area (Å²) in [6.45, 7) is 5.43. The van der Waals surface area contributed by atoms with Crippen LogP contribution in [0.5, 0.6) is 0 Å². The number of carbonyl (C=O) groups excluding carboxylic acids is 1. The van der Waals surface area contributed by atoms with E-state index in [4.69, 9.17) is 0 Å². The molecule has 4 aromatic rings. The van der Waals surface area contributed by atoms with Gasteiger partial charge in [-0.15, -0.1) is 0 Å². The Morgan fingerprint density at radius 1 is 1.06 bits per heavy atom. The standard InChI is InChI=1S/C24H24FN5O2/c1-4-20(23(31)26-14-17-10-8-9-13-19(17)25)30-24(32)21-16(3)29(18-11-6-5-7-12-18)28-22(21)15(2)27-30/h5-13,20H,4,14H2,1-3H3,(H,26,31)/t20-/m1/s1. The average Bonchev–Trinajstić information content (AvgIpc) is 3.15. The summed E-state index contributed by atoms with van der Waals surface area (Å²) in [5.74, 6) is -0.783. The van der Waals surface area contributed by atoms with E-state index in [2.05, 4.69) is 15.5 Å². The Kier molecular flexibility index (Phi) is 5.85. The van der Waals surface area contributed by atoms with Crippen LogP contribution in [0.15, 0.2) is 59.4 Å². The van der Waals surface area contributed by atoms with Crippen molar-refractivity contribution in [3.05, 3.63) is 87.7 Å². The van der Waals surface area contributed by atoms with Gasteiger partial charge >= 0.3 is 0 Å². The third-order valence-corrected chi connectivity index (χ3v) is 5.53. The van der Waals surface area contributed by atoms with Crippen molar-refractivity contribution in [3.8, 4) is 5.69 Å². The molecule has 0 saturated heterocycles. The first-order chi connectivity index (χ1) is 15.4. The van der Waals surface area contributed by atoms with Gasteiger partial charge in [0.15, 0.2) is 0 Å². The second-order valence-corrected chi connectivity index (χ2v) is 7.62. The van der Waals surface area contributed by atoms with E-state index in [0.717, 1.165) is 5.69 Å². The molecule has 0 bridgehead atoms. The minimum Gasteiger partial charge on any atom is -0.350 e. The van der Waals surface area contributed by atoms with Crippen LogP contribution < -0.4 is 10.9 Å². The van der Waals surface area contributed by atoms with Crippen LogP contribution in [0.4, 0.5) is 4.39 Å². The SMILES string of the molecule is CC[C@H](C(=O)NCc1ccccc1F)n1nc(C)c2nn(-c3ccccc3)c(C)c2c1=O. The molecule has 32 heavy (non-hydrogen) atoms. The van der Waals surface area contributed by atoms with E-state index in [1.54, 1.807) is 36.7 Å². The molecule has 0 saturated carbocycles. The van der Waals surface area contributed by atoms with Gasteiger partial charge in [0.1, 0.15) is 17.4 Å². The Bertz CT molecular complexity index is 1340. The van der Waals surface area contributed by atoms with E-state index >= 15 is 0 Å². The van der Waals surface area contributed by atoms with Gasteiger partial charge in [-0.3, -0.25) is 9.59 Å². The van der Waals surface area contributed by atoms with Crippen molar-refractivity contribution in [2.24, 2.45) is 0 Å². The molecular weight excluding hydrogens is 409 g/mol. The summed E-state index contributed by atoms with van der Waals surface area (Å²) in [6.07, 6.45) is 0.354. The Balaban J connectivity index is 1.72. The van der Waals surface area contributed by atoms with Crippen molar-refractivity contribution in [1.82, 2.24) is 24.9 Å². The Labute approximate surface area is 184 Å². The minimum absolute atomic E-state index is 0.0307. The summed E-state index contributed by atoms with van der Waals surface area (Å²) < 4.78 is 16.8. The smallest absolute Gasteiger partial charge is 0.278 e. The molecule has 0 aliphatic carbocycles. The molecule has 0 aliphatic rings. The van der Waals surface area contributed by atoms with Crippen LogP contribution in [0.1, 0.15) is 36.3 Å². The third kappa shape index (κ3) is 3.79. The fraction of sp³-hybridized carbons (Fsp3) is 0.250. The number of aromatic nitrogens is 4. The second-order valence-electron chi connectivity index (χ2n) is 7.62. The topological polar surface area (TPSA) is 81.8 Å². The number of para-hydroxylation sites is 1. The number of amides is 1. The van der Waals surface area contributed by atoms with Crippen LogP contribution in [-0.2, 0) is 11.3 Å².